The average Bonchev–Trinajstić information content (AvgIpc) is 2.59. The van der Waals surface area contributed by atoms with Gasteiger partial charge in [-0.25, -0.2) is 4.68 Å². The third kappa shape index (κ3) is 2.08. The van der Waals surface area contributed by atoms with E-state index in [1.807, 2.05) is 0 Å². The van der Waals surface area contributed by atoms with Crippen LogP contribution in [-0.2, 0) is 22.5 Å². The SMILES string of the molecule is COC(=O)Cc1nc2n(n1)CC(C)CN2. The predicted molar refractivity (Wildman–Crippen MR) is 53.4 cm³/mol. The maximum atomic E-state index is 11.0. The van der Waals surface area contributed by atoms with E-state index in [1.165, 1.54) is 7.11 Å². The van der Waals surface area contributed by atoms with Gasteiger partial charge in [0.15, 0.2) is 5.82 Å². The second-order valence-electron chi connectivity index (χ2n) is 3.77. The number of methoxy groups -OCH3 is 1. The Morgan fingerprint density at radius 1 is 1.73 bits per heavy atom. The van der Waals surface area contributed by atoms with Crippen LogP contribution in [0.15, 0.2) is 0 Å². The first kappa shape index (κ1) is 9.95. The lowest BCUT2D eigenvalue weighted by molar-refractivity contribution is -0.139. The van der Waals surface area contributed by atoms with Crippen molar-refractivity contribution >= 4 is 11.9 Å². The normalized spacial score (nSPS) is 19.2. The minimum Gasteiger partial charge on any atom is -0.469 e. The van der Waals surface area contributed by atoms with Crippen molar-refractivity contribution in [2.24, 2.45) is 5.92 Å². The van der Waals surface area contributed by atoms with Gasteiger partial charge in [0, 0.05) is 13.1 Å². The zero-order valence-corrected chi connectivity index (χ0v) is 8.86. The van der Waals surface area contributed by atoms with Crippen LogP contribution in [0.1, 0.15) is 12.7 Å². The fourth-order valence-corrected chi connectivity index (χ4v) is 1.55. The molecule has 1 N–H and O–H groups in total. The number of fused-ring (bicyclic) bond motifs is 1. The Balaban J connectivity index is 2.12. The first-order chi connectivity index (χ1) is 7.19. The van der Waals surface area contributed by atoms with Crippen LogP contribution in [0.25, 0.3) is 0 Å². The zero-order chi connectivity index (χ0) is 10.8. The van der Waals surface area contributed by atoms with Gasteiger partial charge in [0.05, 0.1) is 7.11 Å². The summed E-state index contributed by atoms with van der Waals surface area (Å²) in [6.45, 7) is 3.88. The smallest absolute Gasteiger partial charge is 0.313 e. The minimum atomic E-state index is -0.314. The van der Waals surface area contributed by atoms with E-state index in [2.05, 4.69) is 27.1 Å². The van der Waals surface area contributed by atoms with Crippen LogP contribution in [0.5, 0.6) is 0 Å². The summed E-state index contributed by atoms with van der Waals surface area (Å²) < 4.78 is 6.36. The molecule has 2 heterocycles. The number of rotatable bonds is 2. The lowest BCUT2D eigenvalue weighted by Crippen LogP contribution is -2.25. The van der Waals surface area contributed by atoms with Gasteiger partial charge in [-0.3, -0.25) is 4.79 Å². The molecule has 1 aromatic rings. The molecular formula is C9H14N4O2. The van der Waals surface area contributed by atoms with E-state index in [4.69, 9.17) is 0 Å². The molecule has 6 heteroatoms. The standard InChI is InChI=1S/C9H14N4O2/c1-6-4-10-9-11-7(3-8(14)15-2)12-13(9)5-6/h6H,3-5H2,1-2H3,(H,10,11,12). The molecule has 0 bridgehead atoms. The minimum absolute atomic E-state index is 0.132. The molecule has 0 saturated carbocycles. The molecule has 0 radical (unpaired) electrons. The number of aromatic nitrogens is 3. The van der Waals surface area contributed by atoms with Crippen molar-refractivity contribution in [1.29, 1.82) is 0 Å². The quantitative estimate of drug-likeness (QED) is 0.699. The number of carbonyl (C=O) groups is 1. The summed E-state index contributed by atoms with van der Waals surface area (Å²) >= 11 is 0. The number of nitrogens with one attached hydrogen (secondary N) is 1. The largest absolute Gasteiger partial charge is 0.469 e. The molecule has 0 saturated heterocycles. The highest BCUT2D eigenvalue weighted by Crippen LogP contribution is 2.14. The molecule has 0 fully saturated rings. The van der Waals surface area contributed by atoms with Crippen molar-refractivity contribution in [2.45, 2.75) is 19.9 Å². The van der Waals surface area contributed by atoms with Crippen molar-refractivity contribution in [3.63, 3.8) is 0 Å². The summed E-state index contributed by atoms with van der Waals surface area (Å²) in [6, 6.07) is 0. The Kier molecular flexibility index (Phi) is 2.57. The maximum Gasteiger partial charge on any atom is 0.313 e. The van der Waals surface area contributed by atoms with Gasteiger partial charge in [-0.05, 0) is 5.92 Å². The highest BCUT2D eigenvalue weighted by molar-refractivity contribution is 5.71. The third-order valence-electron chi connectivity index (χ3n) is 2.34. The Morgan fingerprint density at radius 3 is 3.27 bits per heavy atom. The van der Waals surface area contributed by atoms with Gasteiger partial charge >= 0.3 is 5.97 Å². The molecule has 82 valence electrons. The van der Waals surface area contributed by atoms with Gasteiger partial charge in [0.1, 0.15) is 6.42 Å². The van der Waals surface area contributed by atoms with Crippen molar-refractivity contribution in [1.82, 2.24) is 14.8 Å². The molecule has 1 aliphatic heterocycles. The molecule has 15 heavy (non-hydrogen) atoms. The van der Waals surface area contributed by atoms with Gasteiger partial charge in [-0.1, -0.05) is 6.92 Å². The van der Waals surface area contributed by atoms with Crippen LogP contribution in [-0.4, -0.2) is 34.4 Å². The van der Waals surface area contributed by atoms with Crippen molar-refractivity contribution in [2.75, 3.05) is 19.0 Å². The van der Waals surface area contributed by atoms with E-state index in [-0.39, 0.29) is 12.4 Å². The molecule has 0 spiro atoms. The topological polar surface area (TPSA) is 69.0 Å². The molecule has 1 atom stereocenters. The summed E-state index contributed by atoms with van der Waals surface area (Å²) in [5, 5.41) is 7.39. The Labute approximate surface area is 87.6 Å². The van der Waals surface area contributed by atoms with Crippen LogP contribution in [0, 0.1) is 5.92 Å². The number of nitrogens with zero attached hydrogens (tertiary/aromatic N) is 3. The highest BCUT2D eigenvalue weighted by Gasteiger charge is 2.19. The van der Waals surface area contributed by atoms with Crippen molar-refractivity contribution in [3.05, 3.63) is 5.82 Å². The van der Waals surface area contributed by atoms with Crippen LogP contribution in [0.2, 0.25) is 0 Å². The molecule has 2 rings (SSSR count). The van der Waals surface area contributed by atoms with Gasteiger partial charge < -0.3 is 10.1 Å². The van der Waals surface area contributed by atoms with Crippen LogP contribution < -0.4 is 5.32 Å². The van der Waals surface area contributed by atoms with Gasteiger partial charge in [0.2, 0.25) is 5.95 Å². The summed E-state index contributed by atoms with van der Waals surface area (Å²) in [5.41, 5.74) is 0. The number of ether oxygens (including phenoxy) is 1. The summed E-state index contributed by atoms with van der Waals surface area (Å²) in [4.78, 5) is 15.2. The van der Waals surface area contributed by atoms with Crippen LogP contribution in [0.3, 0.4) is 0 Å². The molecule has 1 aromatic heterocycles. The molecule has 0 amide bonds. The van der Waals surface area contributed by atoms with E-state index >= 15 is 0 Å². The third-order valence-corrected chi connectivity index (χ3v) is 2.34. The summed E-state index contributed by atoms with van der Waals surface area (Å²) in [5.74, 6) is 1.47. The fourth-order valence-electron chi connectivity index (χ4n) is 1.55. The first-order valence-corrected chi connectivity index (χ1v) is 4.93. The lowest BCUT2D eigenvalue weighted by Gasteiger charge is -2.19. The zero-order valence-electron chi connectivity index (χ0n) is 8.86. The van der Waals surface area contributed by atoms with Gasteiger partial charge in [0.25, 0.3) is 0 Å². The van der Waals surface area contributed by atoms with Crippen LogP contribution >= 0.6 is 0 Å². The molecule has 1 aliphatic rings. The van der Waals surface area contributed by atoms with Gasteiger partial charge in [-0.2, -0.15) is 10.1 Å². The van der Waals surface area contributed by atoms with E-state index < -0.39 is 0 Å². The Morgan fingerprint density at radius 2 is 2.53 bits per heavy atom. The molecule has 1 unspecified atom stereocenters. The van der Waals surface area contributed by atoms with E-state index in [9.17, 15) is 4.79 Å². The number of esters is 1. The van der Waals surface area contributed by atoms with Crippen molar-refractivity contribution in [3.8, 4) is 0 Å². The Hall–Kier alpha value is -1.59. The fraction of sp³-hybridized carbons (Fsp3) is 0.667. The Bertz CT molecular complexity index is 374. The van der Waals surface area contributed by atoms with E-state index in [1.54, 1.807) is 4.68 Å². The molecular weight excluding hydrogens is 196 g/mol. The molecule has 0 aromatic carbocycles. The van der Waals surface area contributed by atoms with Gasteiger partial charge in [-0.15, -0.1) is 0 Å². The van der Waals surface area contributed by atoms with E-state index in [0.29, 0.717) is 11.7 Å². The highest BCUT2D eigenvalue weighted by atomic mass is 16.5. The van der Waals surface area contributed by atoms with E-state index in [0.717, 1.165) is 19.0 Å². The second-order valence-corrected chi connectivity index (χ2v) is 3.77. The summed E-state index contributed by atoms with van der Waals surface area (Å²) in [7, 11) is 1.36. The second kappa shape index (κ2) is 3.88. The number of hydrogen-bond donors (Lipinski definition) is 1. The number of hydrogen-bond acceptors (Lipinski definition) is 5. The first-order valence-electron chi connectivity index (χ1n) is 4.93. The lowest BCUT2D eigenvalue weighted by atomic mass is 10.1. The number of anilines is 1. The van der Waals surface area contributed by atoms with Crippen LogP contribution in [0.4, 0.5) is 5.95 Å². The molecule has 6 nitrogen and oxygen atoms in total. The monoisotopic (exact) mass is 210 g/mol. The average molecular weight is 210 g/mol. The number of carbonyl (C=O) groups excluding carboxylic acids is 1. The summed E-state index contributed by atoms with van der Waals surface area (Å²) in [6.07, 6.45) is 0.132. The van der Waals surface area contributed by atoms with Crippen molar-refractivity contribution < 1.29 is 9.53 Å². The molecule has 0 aliphatic carbocycles. The predicted octanol–water partition coefficient (Wildman–Crippen LogP) is 0.0552. The maximum absolute atomic E-state index is 11.0.